The third kappa shape index (κ3) is 5.63. The zero-order valence-electron chi connectivity index (χ0n) is 14.4. The van der Waals surface area contributed by atoms with Crippen molar-refractivity contribution in [3.63, 3.8) is 0 Å². The Morgan fingerprint density at radius 1 is 1.35 bits per heavy atom. The van der Waals surface area contributed by atoms with Gasteiger partial charge in [-0.15, -0.1) is 0 Å². The van der Waals surface area contributed by atoms with Crippen LogP contribution >= 0.6 is 0 Å². The van der Waals surface area contributed by atoms with Crippen molar-refractivity contribution < 1.29 is 14.3 Å². The van der Waals surface area contributed by atoms with E-state index in [2.05, 4.69) is 16.0 Å². The summed E-state index contributed by atoms with van der Waals surface area (Å²) in [5.74, 6) is 0.600. The molecule has 0 saturated carbocycles. The number of rotatable bonds is 4. The van der Waals surface area contributed by atoms with Gasteiger partial charge in [0.1, 0.15) is 11.4 Å². The van der Waals surface area contributed by atoms with Crippen LogP contribution in [-0.2, 0) is 4.74 Å². The third-order valence-corrected chi connectivity index (χ3v) is 3.50. The van der Waals surface area contributed by atoms with Crippen LogP contribution in [0.3, 0.4) is 0 Å². The Balaban J connectivity index is 2.07. The number of hydrogen-bond donors (Lipinski definition) is 3. The van der Waals surface area contributed by atoms with Gasteiger partial charge in [0.25, 0.3) is 0 Å². The summed E-state index contributed by atoms with van der Waals surface area (Å²) in [5.41, 5.74) is 1.00. The summed E-state index contributed by atoms with van der Waals surface area (Å²) in [6, 6.07) is 6.06. The van der Waals surface area contributed by atoms with Gasteiger partial charge in [-0.3, -0.25) is 5.32 Å². The summed E-state index contributed by atoms with van der Waals surface area (Å²) < 4.78 is 10.6. The molecule has 1 aliphatic heterocycles. The van der Waals surface area contributed by atoms with Gasteiger partial charge in [0.2, 0.25) is 0 Å². The van der Waals surface area contributed by atoms with Crippen molar-refractivity contribution in [1.82, 2.24) is 5.32 Å². The Kier molecular flexibility index (Phi) is 5.71. The molecule has 0 radical (unpaired) electrons. The summed E-state index contributed by atoms with van der Waals surface area (Å²) >= 11 is 0. The summed E-state index contributed by atoms with van der Waals surface area (Å²) in [7, 11) is 1.58. The molecule has 1 fully saturated rings. The highest BCUT2D eigenvalue weighted by molar-refractivity contribution is 5.88. The van der Waals surface area contributed by atoms with Gasteiger partial charge < -0.3 is 20.1 Å². The van der Waals surface area contributed by atoms with Crippen LogP contribution < -0.4 is 20.7 Å². The second kappa shape index (κ2) is 7.55. The molecule has 1 amide bonds. The summed E-state index contributed by atoms with van der Waals surface area (Å²) in [5, 5.41) is 9.61. The molecule has 1 unspecified atom stereocenters. The smallest absolute Gasteiger partial charge is 0.412 e. The van der Waals surface area contributed by atoms with E-state index in [1.165, 1.54) is 0 Å². The van der Waals surface area contributed by atoms with Gasteiger partial charge in [-0.1, -0.05) is 0 Å². The van der Waals surface area contributed by atoms with E-state index in [-0.39, 0.29) is 0 Å². The minimum atomic E-state index is -0.541. The molecule has 6 heteroatoms. The number of carbonyl (C=O) groups is 1. The molecule has 1 aliphatic rings. The van der Waals surface area contributed by atoms with Crippen molar-refractivity contribution in [2.75, 3.05) is 30.8 Å². The minimum absolute atomic E-state index is 0.395. The van der Waals surface area contributed by atoms with Crippen molar-refractivity contribution in [3.05, 3.63) is 18.2 Å². The Labute approximate surface area is 137 Å². The predicted molar refractivity (Wildman–Crippen MR) is 92.4 cm³/mol. The summed E-state index contributed by atoms with van der Waals surface area (Å²) in [4.78, 5) is 12.0. The fourth-order valence-electron chi connectivity index (χ4n) is 2.52. The number of anilines is 2. The average Bonchev–Trinajstić information content (AvgIpc) is 2.46. The average molecular weight is 321 g/mol. The second-order valence-corrected chi connectivity index (χ2v) is 6.73. The van der Waals surface area contributed by atoms with Crippen LogP contribution in [0.4, 0.5) is 16.2 Å². The number of benzene rings is 1. The van der Waals surface area contributed by atoms with E-state index < -0.39 is 11.7 Å². The minimum Gasteiger partial charge on any atom is -0.495 e. The lowest BCUT2D eigenvalue weighted by Crippen LogP contribution is -2.38. The molecule has 1 aromatic rings. The zero-order chi connectivity index (χ0) is 16.9. The Bertz CT molecular complexity index is 534. The molecule has 2 rings (SSSR count). The lowest BCUT2D eigenvalue weighted by Gasteiger charge is -2.25. The van der Waals surface area contributed by atoms with Crippen molar-refractivity contribution in [3.8, 4) is 5.75 Å². The predicted octanol–water partition coefficient (Wildman–Crippen LogP) is 3.21. The molecule has 0 spiro atoms. The largest absolute Gasteiger partial charge is 0.495 e. The van der Waals surface area contributed by atoms with Crippen LogP contribution in [0, 0.1) is 0 Å². The monoisotopic (exact) mass is 321 g/mol. The quantitative estimate of drug-likeness (QED) is 0.794. The highest BCUT2D eigenvalue weighted by Crippen LogP contribution is 2.29. The van der Waals surface area contributed by atoms with Crippen LogP contribution in [0.5, 0.6) is 5.75 Å². The zero-order valence-corrected chi connectivity index (χ0v) is 14.4. The van der Waals surface area contributed by atoms with Gasteiger partial charge in [0.05, 0.1) is 12.8 Å². The van der Waals surface area contributed by atoms with Gasteiger partial charge in [-0.25, -0.2) is 4.79 Å². The first kappa shape index (κ1) is 17.4. The first-order valence-electron chi connectivity index (χ1n) is 8.03. The fourth-order valence-corrected chi connectivity index (χ4v) is 2.52. The van der Waals surface area contributed by atoms with E-state index in [9.17, 15) is 4.79 Å². The van der Waals surface area contributed by atoms with E-state index in [4.69, 9.17) is 9.47 Å². The highest BCUT2D eigenvalue weighted by Gasteiger charge is 2.18. The number of carbonyl (C=O) groups excluding carboxylic acids is 1. The normalized spacial score (nSPS) is 18.2. The van der Waals surface area contributed by atoms with E-state index >= 15 is 0 Å². The van der Waals surface area contributed by atoms with E-state index in [1.807, 2.05) is 39.0 Å². The summed E-state index contributed by atoms with van der Waals surface area (Å²) in [6.07, 6.45) is 1.80. The molecule has 3 N–H and O–H groups in total. The molecule has 1 atom stereocenters. The molecule has 1 saturated heterocycles. The molecular formula is C17H27N3O3. The maximum Gasteiger partial charge on any atom is 0.412 e. The van der Waals surface area contributed by atoms with Crippen molar-refractivity contribution in [2.45, 2.75) is 45.3 Å². The van der Waals surface area contributed by atoms with Gasteiger partial charge in [0, 0.05) is 18.3 Å². The van der Waals surface area contributed by atoms with Gasteiger partial charge in [-0.05, 0) is 58.4 Å². The second-order valence-electron chi connectivity index (χ2n) is 6.73. The number of ether oxygens (including phenoxy) is 2. The molecule has 0 aliphatic carbocycles. The van der Waals surface area contributed by atoms with Gasteiger partial charge in [-0.2, -0.15) is 0 Å². The highest BCUT2D eigenvalue weighted by atomic mass is 16.6. The topological polar surface area (TPSA) is 71.6 Å². The van der Waals surface area contributed by atoms with Crippen molar-refractivity contribution >= 4 is 17.5 Å². The maximum absolute atomic E-state index is 12.0. The number of amides is 1. The third-order valence-electron chi connectivity index (χ3n) is 3.50. The molecule has 23 heavy (non-hydrogen) atoms. The Hall–Kier alpha value is -1.95. The molecule has 0 aromatic heterocycles. The standard InChI is InChI=1S/C17H27N3O3/c1-17(2,3)23-16(21)20-14-10-12(7-8-15(14)22-4)19-13-6-5-9-18-11-13/h7-8,10,13,18-19H,5-6,9,11H2,1-4H3,(H,20,21). The lowest BCUT2D eigenvalue weighted by molar-refractivity contribution is 0.0635. The lowest BCUT2D eigenvalue weighted by atomic mass is 10.1. The molecule has 128 valence electrons. The molecule has 1 aromatic carbocycles. The van der Waals surface area contributed by atoms with E-state index in [0.29, 0.717) is 17.5 Å². The Morgan fingerprint density at radius 2 is 2.13 bits per heavy atom. The van der Waals surface area contributed by atoms with Crippen LogP contribution in [-0.4, -0.2) is 37.9 Å². The van der Waals surface area contributed by atoms with Gasteiger partial charge >= 0.3 is 6.09 Å². The first-order chi connectivity index (χ1) is 10.9. The molecular weight excluding hydrogens is 294 g/mol. The van der Waals surface area contributed by atoms with E-state index in [1.54, 1.807) is 7.11 Å². The van der Waals surface area contributed by atoms with Crippen LogP contribution in [0.2, 0.25) is 0 Å². The Morgan fingerprint density at radius 3 is 2.74 bits per heavy atom. The molecule has 1 heterocycles. The fraction of sp³-hybridized carbons (Fsp3) is 0.588. The number of methoxy groups -OCH3 is 1. The van der Waals surface area contributed by atoms with Crippen LogP contribution in [0.1, 0.15) is 33.6 Å². The van der Waals surface area contributed by atoms with Gasteiger partial charge in [0.15, 0.2) is 0 Å². The number of piperidine rings is 1. The first-order valence-corrected chi connectivity index (χ1v) is 8.03. The number of nitrogens with one attached hydrogen (secondary N) is 3. The van der Waals surface area contributed by atoms with Crippen LogP contribution in [0.15, 0.2) is 18.2 Å². The maximum atomic E-state index is 12.0. The molecule has 0 bridgehead atoms. The van der Waals surface area contributed by atoms with Crippen molar-refractivity contribution in [2.24, 2.45) is 0 Å². The van der Waals surface area contributed by atoms with Crippen molar-refractivity contribution in [1.29, 1.82) is 0 Å². The summed E-state index contributed by atoms with van der Waals surface area (Å²) in [6.45, 7) is 7.51. The van der Waals surface area contributed by atoms with Crippen LogP contribution in [0.25, 0.3) is 0 Å². The van der Waals surface area contributed by atoms with E-state index in [0.717, 1.165) is 31.6 Å². The number of hydrogen-bond acceptors (Lipinski definition) is 5. The SMILES string of the molecule is COc1ccc(NC2CCCNC2)cc1NC(=O)OC(C)(C)C. The molecule has 6 nitrogen and oxygen atoms in total.